The summed E-state index contributed by atoms with van der Waals surface area (Å²) in [6.07, 6.45) is -2.95. The quantitative estimate of drug-likeness (QED) is 0.378. The lowest BCUT2D eigenvalue weighted by Crippen LogP contribution is -2.45. The monoisotopic (exact) mass is 556 g/mol. The Kier molecular flexibility index (Phi) is 6.63. The molecule has 2 aliphatic rings. The van der Waals surface area contributed by atoms with Gasteiger partial charge in [0.05, 0.1) is 30.9 Å². The van der Waals surface area contributed by atoms with E-state index in [0.29, 0.717) is 35.3 Å². The predicted molar refractivity (Wildman–Crippen MR) is 136 cm³/mol. The van der Waals surface area contributed by atoms with Crippen LogP contribution in [-0.2, 0) is 19.1 Å². The molecule has 0 spiro atoms. The van der Waals surface area contributed by atoms with Gasteiger partial charge in [-0.25, -0.2) is 4.85 Å². The van der Waals surface area contributed by atoms with E-state index in [-0.39, 0.29) is 41.2 Å². The van der Waals surface area contributed by atoms with Gasteiger partial charge in [-0.1, -0.05) is 29.8 Å². The van der Waals surface area contributed by atoms with Crippen molar-refractivity contribution in [1.29, 1.82) is 0 Å². The molecule has 1 aromatic carbocycles. The minimum absolute atomic E-state index is 0.156. The summed E-state index contributed by atoms with van der Waals surface area (Å²) in [5, 5.41) is 4.98. The van der Waals surface area contributed by atoms with Gasteiger partial charge < -0.3 is 9.80 Å². The van der Waals surface area contributed by atoms with Crippen molar-refractivity contribution in [3.8, 4) is 0 Å². The van der Waals surface area contributed by atoms with Crippen LogP contribution in [0.5, 0.6) is 0 Å². The van der Waals surface area contributed by atoms with Crippen LogP contribution in [0.15, 0.2) is 36.5 Å². The van der Waals surface area contributed by atoms with Crippen LogP contribution in [-0.4, -0.2) is 49.0 Å². The maximum absolute atomic E-state index is 13.8. The first-order chi connectivity index (χ1) is 18.4. The molecule has 0 aliphatic carbocycles. The molecule has 39 heavy (non-hydrogen) atoms. The van der Waals surface area contributed by atoms with E-state index in [0.717, 1.165) is 18.0 Å². The number of fused-ring (bicyclic) bond motifs is 3. The average Bonchev–Trinajstić information content (AvgIpc) is 3.28. The van der Waals surface area contributed by atoms with Gasteiger partial charge in [-0.3, -0.25) is 19.3 Å². The second-order valence-electron chi connectivity index (χ2n) is 9.94. The van der Waals surface area contributed by atoms with E-state index < -0.39 is 17.9 Å². The third kappa shape index (κ3) is 4.63. The van der Waals surface area contributed by atoms with E-state index in [9.17, 15) is 22.8 Å². The zero-order valence-electron chi connectivity index (χ0n) is 21.3. The van der Waals surface area contributed by atoms with Crippen LogP contribution >= 0.6 is 11.6 Å². The Morgan fingerprint density at radius 3 is 2.59 bits per heavy atom. The van der Waals surface area contributed by atoms with Gasteiger partial charge in [0.15, 0.2) is 0 Å². The third-order valence-corrected chi connectivity index (χ3v) is 7.70. The number of carbonyl (C=O) groups excluding carboxylic acids is 2. The Labute approximate surface area is 227 Å². The van der Waals surface area contributed by atoms with Crippen molar-refractivity contribution in [2.24, 2.45) is 0 Å². The number of hydrogen-bond donors (Lipinski definition) is 0. The van der Waals surface area contributed by atoms with Crippen LogP contribution in [0, 0.1) is 6.57 Å². The average molecular weight is 557 g/mol. The summed E-state index contributed by atoms with van der Waals surface area (Å²) in [6, 6.07) is 5.88. The molecule has 5 rings (SSSR count). The van der Waals surface area contributed by atoms with Gasteiger partial charge in [0, 0.05) is 41.4 Å². The molecule has 0 fully saturated rings. The van der Waals surface area contributed by atoms with Gasteiger partial charge in [0.1, 0.15) is 11.4 Å². The first kappa shape index (κ1) is 26.7. The lowest BCUT2D eigenvalue weighted by Gasteiger charge is -2.37. The summed E-state index contributed by atoms with van der Waals surface area (Å²) < 4.78 is 40.6. The molecule has 0 saturated carbocycles. The number of halogens is 4. The highest BCUT2D eigenvalue weighted by Gasteiger charge is 2.41. The minimum Gasteiger partial charge on any atom is -0.331 e. The van der Waals surface area contributed by atoms with Crippen LogP contribution in [0.4, 0.5) is 18.9 Å². The molecule has 0 unspecified atom stereocenters. The highest BCUT2D eigenvalue weighted by atomic mass is 35.5. The van der Waals surface area contributed by atoms with Crippen molar-refractivity contribution in [3.05, 3.63) is 86.7 Å². The third-order valence-electron chi connectivity index (χ3n) is 7.38. The lowest BCUT2D eigenvalue weighted by atomic mass is 9.96. The fourth-order valence-corrected chi connectivity index (χ4v) is 5.35. The molecule has 2 aliphatic heterocycles. The number of pyridine rings is 1. The Bertz CT molecular complexity index is 1510. The molecule has 2 amide bonds. The number of rotatable bonds is 3. The molecule has 2 aromatic heterocycles. The van der Waals surface area contributed by atoms with E-state index in [1.807, 2.05) is 13.8 Å². The first-order valence-corrected chi connectivity index (χ1v) is 12.7. The highest BCUT2D eigenvalue weighted by Crippen LogP contribution is 2.36. The van der Waals surface area contributed by atoms with Crippen molar-refractivity contribution in [2.45, 2.75) is 58.0 Å². The largest absolute Gasteiger partial charge is 0.433 e. The molecule has 202 valence electrons. The summed E-state index contributed by atoms with van der Waals surface area (Å²) in [5.74, 6) is -0.593. The van der Waals surface area contributed by atoms with Gasteiger partial charge in [0.2, 0.25) is 5.69 Å². The van der Waals surface area contributed by atoms with Gasteiger partial charge in [-0.15, -0.1) is 0 Å². The number of carbonyl (C=O) groups is 2. The number of aromatic nitrogens is 3. The Morgan fingerprint density at radius 2 is 1.95 bits per heavy atom. The topological polar surface area (TPSA) is 75.7 Å². The summed E-state index contributed by atoms with van der Waals surface area (Å²) >= 11 is 6.04. The van der Waals surface area contributed by atoms with Gasteiger partial charge in [-0.05, 0) is 38.5 Å². The number of amides is 2. The highest BCUT2D eigenvalue weighted by molar-refractivity contribution is 6.33. The molecule has 0 radical (unpaired) electrons. The van der Waals surface area contributed by atoms with Crippen LogP contribution < -0.4 is 0 Å². The summed E-state index contributed by atoms with van der Waals surface area (Å²) in [6.45, 7) is 13.3. The molecular formula is C27H24ClF3N6O2. The Balaban J connectivity index is 1.45. The van der Waals surface area contributed by atoms with E-state index >= 15 is 0 Å². The standard InChI is InChI=1S/C27H24ClF3N6O2/c1-14-9-21-19(13-35(14)25(38)17-5-7-20(28)22(10-17)32-4)24-26(39)36(12-15(2)37(24)34-21)16(3)18-6-8-23(33-11-18)27(29,30)31/h5-8,10-11,14-16H,9,12-13H2,1-3H3/t14-,15-,16-/m1/s1. The number of alkyl halides is 3. The number of nitrogens with zero attached hydrogens (tertiary/aromatic N) is 6. The van der Waals surface area contributed by atoms with Crippen LogP contribution in [0.3, 0.4) is 0 Å². The van der Waals surface area contributed by atoms with Gasteiger partial charge >= 0.3 is 6.18 Å². The van der Waals surface area contributed by atoms with Crippen molar-refractivity contribution in [3.63, 3.8) is 0 Å². The summed E-state index contributed by atoms with van der Waals surface area (Å²) in [5.41, 5.74) is 1.76. The van der Waals surface area contributed by atoms with Crippen LogP contribution in [0.2, 0.25) is 5.02 Å². The summed E-state index contributed by atoms with van der Waals surface area (Å²) in [4.78, 5) is 37.4. The van der Waals surface area contributed by atoms with Gasteiger partial charge in [0.25, 0.3) is 11.8 Å². The minimum atomic E-state index is -4.55. The number of benzene rings is 1. The van der Waals surface area contributed by atoms with Crippen molar-refractivity contribution in [1.82, 2.24) is 24.6 Å². The maximum Gasteiger partial charge on any atom is 0.433 e. The van der Waals surface area contributed by atoms with E-state index in [1.54, 1.807) is 27.5 Å². The maximum atomic E-state index is 13.8. The molecule has 8 nitrogen and oxygen atoms in total. The molecule has 3 aromatic rings. The van der Waals surface area contributed by atoms with E-state index in [4.69, 9.17) is 23.3 Å². The predicted octanol–water partition coefficient (Wildman–Crippen LogP) is 5.87. The van der Waals surface area contributed by atoms with E-state index in [2.05, 4.69) is 9.83 Å². The summed E-state index contributed by atoms with van der Waals surface area (Å²) in [7, 11) is 0. The van der Waals surface area contributed by atoms with Crippen LogP contribution in [0.25, 0.3) is 4.85 Å². The van der Waals surface area contributed by atoms with E-state index in [1.165, 1.54) is 18.2 Å². The Hall–Kier alpha value is -3.91. The van der Waals surface area contributed by atoms with Crippen molar-refractivity contribution in [2.75, 3.05) is 6.54 Å². The molecule has 0 bridgehead atoms. The Morgan fingerprint density at radius 1 is 1.21 bits per heavy atom. The fraction of sp³-hybridized carbons (Fsp3) is 0.370. The lowest BCUT2D eigenvalue weighted by molar-refractivity contribution is -0.141. The van der Waals surface area contributed by atoms with Crippen molar-refractivity contribution >= 4 is 29.1 Å². The van der Waals surface area contributed by atoms with Crippen molar-refractivity contribution < 1.29 is 22.8 Å². The molecule has 3 atom stereocenters. The molecule has 0 N–H and O–H groups in total. The smallest absolute Gasteiger partial charge is 0.331 e. The van der Waals surface area contributed by atoms with Crippen LogP contribution in [0.1, 0.15) is 76.2 Å². The zero-order valence-corrected chi connectivity index (χ0v) is 22.1. The number of hydrogen-bond acceptors (Lipinski definition) is 4. The molecular weight excluding hydrogens is 533 g/mol. The normalized spacial score (nSPS) is 19.8. The second-order valence-corrected chi connectivity index (χ2v) is 10.3. The van der Waals surface area contributed by atoms with Gasteiger partial charge in [-0.2, -0.15) is 18.3 Å². The molecule has 12 heteroatoms. The fourth-order valence-electron chi connectivity index (χ4n) is 5.19. The first-order valence-electron chi connectivity index (χ1n) is 12.3. The molecule has 4 heterocycles. The second kappa shape index (κ2) is 9.68. The molecule has 0 saturated heterocycles. The SMILES string of the molecule is [C-]#[N+]c1cc(C(=O)N2Cc3c(nn4c3C(=O)N([C@H](C)c3ccc(C(F)(F)F)nc3)C[C@H]4C)C[C@H]2C)ccc1Cl. The zero-order chi connectivity index (χ0) is 28.2.